The van der Waals surface area contributed by atoms with Crippen LogP contribution in [0.2, 0.25) is 0 Å². The summed E-state index contributed by atoms with van der Waals surface area (Å²) >= 11 is 0. The average Bonchev–Trinajstić information content (AvgIpc) is 2.97. The molecule has 0 unspecified atom stereocenters. The highest BCUT2D eigenvalue weighted by molar-refractivity contribution is 5.76. The predicted molar refractivity (Wildman–Crippen MR) is 148 cm³/mol. The summed E-state index contributed by atoms with van der Waals surface area (Å²) in [5.41, 5.74) is 0.985. The Morgan fingerprint density at radius 1 is 0.732 bits per heavy atom. The zero-order chi connectivity index (χ0) is 30.0. The molecule has 0 aliphatic rings. The minimum Gasteiger partial charge on any atom is -0.392 e. The fourth-order valence-electron chi connectivity index (χ4n) is 3.29. The molecule has 236 valence electrons. The van der Waals surface area contributed by atoms with E-state index in [9.17, 15) is 20.0 Å². The summed E-state index contributed by atoms with van der Waals surface area (Å²) in [6.07, 6.45) is 0.160. The number of aliphatic hydroxyl groups excluding tert-OH is 1. The maximum absolute atomic E-state index is 12.4. The third-order valence-electron chi connectivity index (χ3n) is 5.53. The van der Waals surface area contributed by atoms with Crippen molar-refractivity contribution in [2.45, 2.75) is 19.6 Å². The summed E-state index contributed by atoms with van der Waals surface area (Å²) < 4.78 is 42.7. The monoisotopic (exact) mass is 590 g/mol. The Morgan fingerprint density at radius 2 is 1.15 bits per heavy atom. The van der Waals surface area contributed by atoms with Crippen LogP contribution in [0.25, 0.3) is 0 Å². The van der Waals surface area contributed by atoms with Gasteiger partial charge in [0.25, 0.3) is 5.69 Å². The topological polar surface area (TPSA) is 158 Å². The molecule has 1 aromatic rings. The van der Waals surface area contributed by atoms with Gasteiger partial charge in [0.05, 0.1) is 117 Å². The smallest absolute Gasteiger partial charge is 0.269 e. The molecule has 0 fully saturated rings. The molecule has 0 saturated heterocycles. The van der Waals surface area contributed by atoms with Crippen LogP contribution in [-0.4, -0.2) is 134 Å². The molecule has 0 spiro atoms. The maximum atomic E-state index is 12.4. The molecule has 1 amide bonds. The van der Waals surface area contributed by atoms with Crippen molar-refractivity contribution in [3.8, 4) is 0 Å². The molecule has 0 radical (unpaired) electrons. The summed E-state index contributed by atoms with van der Waals surface area (Å²) in [7, 11) is 3.24. The van der Waals surface area contributed by atoms with Gasteiger partial charge in [-0.3, -0.25) is 14.9 Å². The lowest BCUT2D eigenvalue weighted by Gasteiger charge is -2.19. The van der Waals surface area contributed by atoms with Gasteiger partial charge in [0.15, 0.2) is 0 Å². The molecule has 1 N–H and O–H groups in total. The van der Waals surface area contributed by atoms with Crippen molar-refractivity contribution in [1.82, 2.24) is 4.90 Å². The third kappa shape index (κ3) is 19.5. The van der Waals surface area contributed by atoms with Gasteiger partial charge in [-0.15, -0.1) is 0 Å². The molecule has 0 bridgehead atoms. The second-order valence-electron chi connectivity index (χ2n) is 8.65. The van der Waals surface area contributed by atoms with E-state index in [-0.39, 0.29) is 37.8 Å². The van der Waals surface area contributed by atoms with Crippen LogP contribution in [0.5, 0.6) is 0 Å². The van der Waals surface area contributed by atoms with Gasteiger partial charge in [-0.2, -0.15) is 0 Å². The number of methoxy groups -OCH3 is 1. The molecule has 1 rings (SSSR count). The summed E-state index contributed by atoms with van der Waals surface area (Å²) in [5.74, 6) is -0.173. The highest BCUT2D eigenvalue weighted by atomic mass is 16.6. The van der Waals surface area contributed by atoms with E-state index >= 15 is 0 Å². The standard InChI is InChI=1S/C27H46N2O12/c1-28(22-25-21-26(29(32)33)4-3-24(25)23-30)27(31)5-6-35-9-10-37-13-14-39-17-18-41-20-19-40-16-15-38-12-11-36-8-7-34-2/h3-4,21,30H,5-20,22-23H2,1-2H3. The van der Waals surface area contributed by atoms with Gasteiger partial charge in [-0.1, -0.05) is 0 Å². The van der Waals surface area contributed by atoms with Crippen molar-refractivity contribution in [3.63, 3.8) is 0 Å². The van der Waals surface area contributed by atoms with Crippen LogP contribution >= 0.6 is 0 Å². The molecule has 0 aliphatic carbocycles. The van der Waals surface area contributed by atoms with Crippen LogP contribution in [0.15, 0.2) is 18.2 Å². The van der Waals surface area contributed by atoms with E-state index in [0.717, 1.165) is 0 Å². The summed E-state index contributed by atoms with van der Waals surface area (Å²) in [4.78, 5) is 24.3. The number of ether oxygens (including phenoxy) is 8. The molecule has 0 aliphatic heterocycles. The normalized spacial score (nSPS) is 11.2. The molecule has 0 atom stereocenters. The number of non-ortho nitro benzene ring substituents is 1. The molecular weight excluding hydrogens is 544 g/mol. The van der Waals surface area contributed by atoms with E-state index in [4.69, 9.17) is 37.9 Å². The average molecular weight is 591 g/mol. The van der Waals surface area contributed by atoms with E-state index in [2.05, 4.69) is 0 Å². The van der Waals surface area contributed by atoms with Crippen LogP contribution in [0.4, 0.5) is 5.69 Å². The molecule has 0 heterocycles. The zero-order valence-electron chi connectivity index (χ0n) is 24.3. The number of hydrogen-bond donors (Lipinski definition) is 1. The van der Waals surface area contributed by atoms with Crippen LogP contribution in [0, 0.1) is 10.1 Å². The fourth-order valence-corrected chi connectivity index (χ4v) is 3.29. The number of aliphatic hydroxyl groups is 1. The lowest BCUT2D eigenvalue weighted by molar-refractivity contribution is -0.384. The highest BCUT2D eigenvalue weighted by Crippen LogP contribution is 2.19. The molecule has 0 saturated carbocycles. The van der Waals surface area contributed by atoms with Gasteiger partial charge in [-0.05, 0) is 17.2 Å². The molecule has 14 nitrogen and oxygen atoms in total. The minimum atomic E-state index is -0.508. The van der Waals surface area contributed by atoms with Gasteiger partial charge in [0.1, 0.15) is 0 Å². The Kier molecular flexibility index (Phi) is 22.8. The van der Waals surface area contributed by atoms with Crippen molar-refractivity contribution >= 4 is 11.6 Å². The van der Waals surface area contributed by atoms with Gasteiger partial charge in [0.2, 0.25) is 5.91 Å². The number of nitrogens with zero attached hydrogens (tertiary/aromatic N) is 2. The summed E-state index contributed by atoms with van der Waals surface area (Å²) in [6.45, 7) is 6.78. The van der Waals surface area contributed by atoms with E-state index in [1.165, 1.54) is 23.1 Å². The maximum Gasteiger partial charge on any atom is 0.269 e. The van der Waals surface area contributed by atoms with Crippen LogP contribution in [-0.2, 0) is 55.8 Å². The second kappa shape index (κ2) is 25.4. The summed E-state index contributed by atoms with van der Waals surface area (Å²) in [5, 5.41) is 20.5. The molecule has 1 aromatic carbocycles. The van der Waals surface area contributed by atoms with Gasteiger partial charge in [-0.25, -0.2) is 0 Å². The molecular formula is C27H46N2O12. The number of rotatable bonds is 28. The second-order valence-corrected chi connectivity index (χ2v) is 8.65. The van der Waals surface area contributed by atoms with E-state index in [1.54, 1.807) is 14.2 Å². The van der Waals surface area contributed by atoms with Crippen molar-refractivity contribution in [2.24, 2.45) is 0 Å². The largest absolute Gasteiger partial charge is 0.392 e. The first-order chi connectivity index (χ1) is 20.0. The number of benzene rings is 1. The Balaban J connectivity index is 1.89. The Labute approximate surface area is 241 Å². The van der Waals surface area contributed by atoms with Crippen LogP contribution in [0.3, 0.4) is 0 Å². The van der Waals surface area contributed by atoms with E-state index < -0.39 is 4.92 Å². The molecule has 0 aromatic heterocycles. The summed E-state index contributed by atoms with van der Waals surface area (Å²) in [6, 6.07) is 4.20. The minimum absolute atomic E-state index is 0.0871. The Morgan fingerprint density at radius 3 is 1.54 bits per heavy atom. The van der Waals surface area contributed by atoms with E-state index in [1.807, 2.05) is 0 Å². The number of nitro benzene ring substituents is 1. The number of nitro groups is 1. The van der Waals surface area contributed by atoms with Gasteiger partial charge in [0, 0.05) is 32.8 Å². The first-order valence-corrected chi connectivity index (χ1v) is 13.6. The third-order valence-corrected chi connectivity index (χ3v) is 5.53. The van der Waals surface area contributed by atoms with Crippen LogP contribution in [0.1, 0.15) is 17.5 Å². The number of carbonyl (C=O) groups is 1. The lowest BCUT2D eigenvalue weighted by atomic mass is 10.1. The molecule has 14 heteroatoms. The lowest BCUT2D eigenvalue weighted by Crippen LogP contribution is -2.27. The zero-order valence-corrected chi connectivity index (χ0v) is 24.3. The number of amides is 1. The highest BCUT2D eigenvalue weighted by Gasteiger charge is 2.15. The first kappa shape index (κ1) is 36.8. The van der Waals surface area contributed by atoms with Crippen molar-refractivity contribution < 1.29 is 52.7 Å². The van der Waals surface area contributed by atoms with Gasteiger partial charge < -0.3 is 47.9 Å². The van der Waals surface area contributed by atoms with Crippen molar-refractivity contribution in [1.29, 1.82) is 0 Å². The Bertz CT molecular complexity index is 815. The predicted octanol–water partition coefficient (Wildman–Crippen LogP) is 1.20. The van der Waals surface area contributed by atoms with Crippen molar-refractivity contribution in [3.05, 3.63) is 39.4 Å². The fraction of sp³-hybridized carbons (Fsp3) is 0.741. The number of carbonyl (C=O) groups excluding carboxylic acids is 1. The van der Waals surface area contributed by atoms with Crippen molar-refractivity contribution in [2.75, 3.05) is 113 Å². The molecule has 41 heavy (non-hydrogen) atoms. The SMILES string of the molecule is COCCOCCOCCOCCOCCOCCOCCOCCC(=O)N(C)Cc1cc([N+](=O)[O-])ccc1CO. The van der Waals surface area contributed by atoms with Gasteiger partial charge >= 0.3 is 0 Å². The first-order valence-electron chi connectivity index (χ1n) is 13.6. The number of hydrogen-bond acceptors (Lipinski definition) is 12. The van der Waals surface area contributed by atoms with Crippen LogP contribution < -0.4 is 0 Å². The Hall–Kier alpha value is -2.27. The quantitative estimate of drug-likeness (QED) is 0.0846. The van der Waals surface area contributed by atoms with E-state index in [0.29, 0.717) is 104 Å².